The van der Waals surface area contributed by atoms with Crippen molar-refractivity contribution < 1.29 is 9.59 Å². The number of benzene rings is 4. The van der Waals surface area contributed by atoms with Crippen LogP contribution in [0.3, 0.4) is 0 Å². The zero-order chi connectivity index (χ0) is 22.6. The standard InChI is InChI=1S/C29H26N2O2/c32-28(30-27-12-6-10-23-9-4-5-11-26(23)27)24-17-19-31(20-18-24)29(33)25-15-13-22(14-16-25)21-7-2-1-3-8-21/h1-16,24H,17-20H2,(H,30,32). The van der Waals surface area contributed by atoms with Crippen LogP contribution in [0.25, 0.3) is 21.9 Å². The summed E-state index contributed by atoms with van der Waals surface area (Å²) < 4.78 is 0. The second-order valence-corrected chi connectivity index (χ2v) is 8.53. The normalized spacial score (nSPS) is 14.2. The van der Waals surface area contributed by atoms with Crippen molar-refractivity contribution in [2.75, 3.05) is 18.4 Å². The van der Waals surface area contributed by atoms with E-state index in [0.717, 1.165) is 27.6 Å². The summed E-state index contributed by atoms with van der Waals surface area (Å²) >= 11 is 0. The highest BCUT2D eigenvalue weighted by Crippen LogP contribution is 2.26. The largest absolute Gasteiger partial charge is 0.339 e. The molecule has 33 heavy (non-hydrogen) atoms. The van der Waals surface area contributed by atoms with E-state index in [1.807, 2.05) is 89.8 Å². The Morgan fingerprint density at radius 1 is 0.697 bits per heavy atom. The number of hydrogen-bond donors (Lipinski definition) is 1. The molecule has 5 rings (SSSR count). The molecule has 0 bridgehead atoms. The molecule has 4 aromatic carbocycles. The molecule has 1 fully saturated rings. The van der Waals surface area contributed by atoms with E-state index in [1.165, 1.54) is 0 Å². The van der Waals surface area contributed by atoms with Crippen LogP contribution >= 0.6 is 0 Å². The van der Waals surface area contributed by atoms with Crippen LogP contribution in [0, 0.1) is 5.92 Å². The summed E-state index contributed by atoms with van der Waals surface area (Å²) in [4.78, 5) is 27.8. The van der Waals surface area contributed by atoms with Crippen molar-refractivity contribution in [2.24, 2.45) is 5.92 Å². The van der Waals surface area contributed by atoms with Gasteiger partial charge in [0, 0.05) is 35.6 Å². The number of carbonyl (C=O) groups is 2. The summed E-state index contributed by atoms with van der Waals surface area (Å²) in [5, 5.41) is 5.26. The lowest BCUT2D eigenvalue weighted by Crippen LogP contribution is -2.41. The van der Waals surface area contributed by atoms with Gasteiger partial charge in [-0.25, -0.2) is 0 Å². The number of fused-ring (bicyclic) bond motifs is 1. The second kappa shape index (κ2) is 9.29. The Morgan fingerprint density at radius 2 is 1.33 bits per heavy atom. The lowest BCUT2D eigenvalue weighted by atomic mass is 9.95. The third-order valence-electron chi connectivity index (χ3n) is 6.44. The van der Waals surface area contributed by atoms with Crippen LogP contribution in [0.1, 0.15) is 23.2 Å². The molecule has 0 atom stereocenters. The van der Waals surface area contributed by atoms with E-state index in [0.29, 0.717) is 31.5 Å². The van der Waals surface area contributed by atoms with Crippen LogP contribution in [0.5, 0.6) is 0 Å². The third kappa shape index (κ3) is 4.51. The fourth-order valence-electron chi connectivity index (χ4n) is 4.53. The Bertz CT molecular complexity index is 1270. The molecule has 0 saturated carbocycles. The van der Waals surface area contributed by atoms with Gasteiger partial charge in [-0.1, -0.05) is 78.9 Å². The first-order chi connectivity index (χ1) is 16.2. The summed E-state index contributed by atoms with van der Waals surface area (Å²) in [6, 6.07) is 31.9. The molecule has 1 aliphatic rings. The van der Waals surface area contributed by atoms with E-state index in [4.69, 9.17) is 0 Å². The maximum absolute atomic E-state index is 13.0. The quantitative estimate of drug-likeness (QED) is 0.428. The monoisotopic (exact) mass is 434 g/mol. The fourth-order valence-corrected chi connectivity index (χ4v) is 4.53. The molecule has 0 aromatic heterocycles. The minimum absolute atomic E-state index is 0.0301. The minimum Gasteiger partial charge on any atom is -0.339 e. The molecule has 0 spiro atoms. The highest BCUT2D eigenvalue weighted by Gasteiger charge is 2.28. The van der Waals surface area contributed by atoms with Gasteiger partial charge in [-0.05, 0) is 47.6 Å². The van der Waals surface area contributed by atoms with E-state index in [9.17, 15) is 9.59 Å². The summed E-state index contributed by atoms with van der Waals surface area (Å²) in [5.41, 5.74) is 3.76. The summed E-state index contributed by atoms with van der Waals surface area (Å²) in [5.74, 6) is -0.0262. The Labute approximate surface area is 193 Å². The van der Waals surface area contributed by atoms with Crippen molar-refractivity contribution in [1.82, 2.24) is 4.90 Å². The van der Waals surface area contributed by atoms with Crippen LogP contribution in [0.4, 0.5) is 5.69 Å². The Hall–Kier alpha value is -3.92. The van der Waals surface area contributed by atoms with Gasteiger partial charge in [-0.2, -0.15) is 0 Å². The molecule has 1 saturated heterocycles. The Kier molecular flexibility index (Phi) is 5.90. The SMILES string of the molecule is O=C(Nc1cccc2ccccc12)C1CCN(C(=O)c2ccc(-c3ccccc3)cc2)CC1. The van der Waals surface area contributed by atoms with Crippen LogP contribution in [-0.2, 0) is 4.79 Å². The van der Waals surface area contributed by atoms with Crippen molar-refractivity contribution in [1.29, 1.82) is 0 Å². The second-order valence-electron chi connectivity index (χ2n) is 8.53. The summed E-state index contributed by atoms with van der Waals surface area (Å²) in [6.07, 6.45) is 1.34. The lowest BCUT2D eigenvalue weighted by molar-refractivity contribution is -0.121. The molecular weight excluding hydrogens is 408 g/mol. The molecule has 1 heterocycles. The molecule has 0 aliphatic carbocycles. The highest BCUT2D eigenvalue weighted by molar-refractivity contribution is 6.03. The number of anilines is 1. The molecule has 0 unspecified atom stereocenters. The summed E-state index contributed by atoms with van der Waals surface area (Å²) in [6.45, 7) is 1.18. The maximum Gasteiger partial charge on any atom is 0.253 e. The first-order valence-electron chi connectivity index (χ1n) is 11.4. The minimum atomic E-state index is -0.0894. The van der Waals surface area contributed by atoms with Gasteiger partial charge < -0.3 is 10.2 Å². The van der Waals surface area contributed by atoms with Gasteiger partial charge in [0.05, 0.1) is 0 Å². The molecule has 164 valence electrons. The molecule has 1 aliphatic heterocycles. The van der Waals surface area contributed by atoms with Gasteiger partial charge in [-0.3, -0.25) is 9.59 Å². The van der Waals surface area contributed by atoms with E-state index < -0.39 is 0 Å². The number of hydrogen-bond acceptors (Lipinski definition) is 2. The van der Waals surface area contributed by atoms with Gasteiger partial charge >= 0.3 is 0 Å². The molecule has 1 N–H and O–H groups in total. The van der Waals surface area contributed by atoms with Gasteiger partial charge in [0.1, 0.15) is 0 Å². The number of carbonyl (C=O) groups excluding carboxylic acids is 2. The first kappa shape index (κ1) is 21.0. The predicted octanol–water partition coefficient (Wildman–Crippen LogP) is 6.00. The Balaban J connectivity index is 1.20. The van der Waals surface area contributed by atoms with Gasteiger partial charge in [0.25, 0.3) is 5.91 Å². The van der Waals surface area contributed by atoms with Crippen molar-refractivity contribution in [3.8, 4) is 11.1 Å². The van der Waals surface area contributed by atoms with E-state index >= 15 is 0 Å². The zero-order valence-electron chi connectivity index (χ0n) is 18.4. The van der Waals surface area contributed by atoms with E-state index in [-0.39, 0.29) is 17.7 Å². The summed E-state index contributed by atoms with van der Waals surface area (Å²) in [7, 11) is 0. The number of nitrogens with zero attached hydrogens (tertiary/aromatic N) is 1. The van der Waals surface area contributed by atoms with Crippen molar-refractivity contribution in [3.05, 3.63) is 103 Å². The van der Waals surface area contributed by atoms with E-state index in [2.05, 4.69) is 17.4 Å². The number of piperidine rings is 1. The number of likely N-dealkylation sites (tertiary alicyclic amines) is 1. The first-order valence-corrected chi connectivity index (χ1v) is 11.4. The molecule has 2 amide bonds. The number of rotatable bonds is 4. The molecular formula is C29H26N2O2. The average molecular weight is 435 g/mol. The molecule has 4 aromatic rings. The average Bonchev–Trinajstić information content (AvgIpc) is 2.89. The molecule has 4 nitrogen and oxygen atoms in total. The lowest BCUT2D eigenvalue weighted by Gasteiger charge is -2.31. The van der Waals surface area contributed by atoms with Crippen molar-refractivity contribution >= 4 is 28.3 Å². The zero-order valence-corrected chi connectivity index (χ0v) is 18.4. The third-order valence-corrected chi connectivity index (χ3v) is 6.44. The topological polar surface area (TPSA) is 49.4 Å². The molecule has 0 radical (unpaired) electrons. The van der Waals surface area contributed by atoms with Gasteiger partial charge in [0.2, 0.25) is 5.91 Å². The molecule has 4 heteroatoms. The highest BCUT2D eigenvalue weighted by atomic mass is 16.2. The number of amides is 2. The maximum atomic E-state index is 13.0. The van der Waals surface area contributed by atoms with Crippen LogP contribution < -0.4 is 5.32 Å². The van der Waals surface area contributed by atoms with Crippen LogP contribution in [0.15, 0.2) is 97.1 Å². The Morgan fingerprint density at radius 3 is 2.09 bits per heavy atom. The van der Waals surface area contributed by atoms with Crippen LogP contribution in [-0.4, -0.2) is 29.8 Å². The number of nitrogens with one attached hydrogen (secondary N) is 1. The van der Waals surface area contributed by atoms with Crippen molar-refractivity contribution in [3.63, 3.8) is 0 Å². The van der Waals surface area contributed by atoms with Gasteiger partial charge in [0.15, 0.2) is 0 Å². The van der Waals surface area contributed by atoms with Gasteiger partial charge in [-0.15, -0.1) is 0 Å². The van der Waals surface area contributed by atoms with Crippen molar-refractivity contribution in [2.45, 2.75) is 12.8 Å². The van der Waals surface area contributed by atoms with E-state index in [1.54, 1.807) is 0 Å². The fraction of sp³-hybridized carbons (Fsp3) is 0.172. The smallest absolute Gasteiger partial charge is 0.253 e. The van der Waals surface area contributed by atoms with Crippen LogP contribution in [0.2, 0.25) is 0 Å². The predicted molar refractivity (Wildman–Crippen MR) is 133 cm³/mol.